The molecule has 4 aliphatic rings. The Balaban J connectivity index is 1.31. The Morgan fingerprint density at radius 1 is 0.885 bits per heavy atom. The van der Waals surface area contributed by atoms with E-state index in [1.165, 1.54) is 19.3 Å². The van der Waals surface area contributed by atoms with Gasteiger partial charge in [-0.3, -0.25) is 9.59 Å². The highest BCUT2D eigenvalue weighted by molar-refractivity contribution is 6.09. The van der Waals surface area contributed by atoms with Crippen LogP contribution in [0.4, 0.5) is 0 Å². The van der Waals surface area contributed by atoms with Crippen molar-refractivity contribution in [2.45, 2.75) is 38.5 Å². The molecule has 0 saturated heterocycles. The van der Waals surface area contributed by atoms with Crippen LogP contribution < -0.4 is 0 Å². The first kappa shape index (κ1) is 16.0. The molecule has 0 atom stereocenters. The van der Waals surface area contributed by atoms with Crippen LogP contribution in [0.1, 0.15) is 48.9 Å². The number of hydrogen-bond acceptors (Lipinski definition) is 3. The number of Topliss-reactive ketones (excluding diaryl/α,β-unsaturated/α-hetero) is 1. The van der Waals surface area contributed by atoms with Gasteiger partial charge in [0.2, 0.25) is 5.78 Å². The molecular weight excluding hydrogens is 324 g/mol. The number of hydrogen-bond donors (Lipinski definition) is 0. The Bertz CT molecular complexity index is 841. The third kappa shape index (κ3) is 2.56. The first-order valence-electron chi connectivity index (χ1n) is 9.81. The summed E-state index contributed by atoms with van der Waals surface area (Å²) in [5.41, 5.74) is 0.342. The molecule has 0 N–H and O–H groups in total. The Morgan fingerprint density at radius 3 is 2.19 bits per heavy atom. The lowest BCUT2D eigenvalue weighted by Gasteiger charge is -2.55. The third-order valence-electron chi connectivity index (χ3n) is 6.90. The van der Waals surface area contributed by atoms with Gasteiger partial charge in [-0.2, -0.15) is 0 Å². The molecule has 6 rings (SSSR count). The number of carbonyl (C=O) groups is 2. The van der Waals surface area contributed by atoms with Gasteiger partial charge in [-0.05, 0) is 67.1 Å². The van der Waals surface area contributed by atoms with E-state index >= 15 is 0 Å². The first-order chi connectivity index (χ1) is 12.6. The fourth-order valence-electron chi connectivity index (χ4n) is 6.19. The molecular formula is C23H24O3. The lowest BCUT2D eigenvalue weighted by molar-refractivity contribution is -0.170. The topological polar surface area (TPSA) is 43.4 Å². The van der Waals surface area contributed by atoms with Gasteiger partial charge in [0.25, 0.3) is 0 Å². The summed E-state index contributed by atoms with van der Waals surface area (Å²) in [6.45, 7) is -0.144. The molecule has 0 spiro atoms. The normalized spacial score (nSPS) is 31.9. The van der Waals surface area contributed by atoms with Crippen LogP contribution >= 0.6 is 0 Å². The molecule has 2 aromatic rings. The predicted molar refractivity (Wildman–Crippen MR) is 99.8 cm³/mol. The maximum absolute atomic E-state index is 12.9. The lowest BCUT2D eigenvalue weighted by atomic mass is 9.49. The Labute approximate surface area is 153 Å². The van der Waals surface area contributed by atoms with Gasteiger partial charge in [0.05, 0.1) is 5.41 Å². The van der Waals surface area contributed by atoms with Crippen molar-refractivity contribution in [1.29, 1.82) is 0 Å². The minimum absolute atomic E-state index is 0.111. The van der Waals surface area contributed by atoms with E-state index in [-0.39, 0.29) is 23.8 Å². The van der Waals surface area contributed by atoms with Crippen molar-refractivity contribution in [1.82, 2.24) is 0 Å². The number of ketones is 1. The minimum Gasteiger partial charge on any atom is -0.457 e. The highest BCUT2D eigenvalue weighted by atomic mass is 16.5. The van der Waals surface area contributed by atoms with Crippen molar-refractivity contribution in [2.24, 2.45) is 23.2 Å². The predicted octanol–water partition coefficient (Wildman–Crippen LogP) is 4.78. The summed E-state index contributed by atoms with van der Waals surface area (Å²) < 4.78 is 5.60. The van der Waals surface area contributed by atoms with Crippen molar-refractivity contribution in [3.05, 3.63) is 48.0 Å². The largest absolute Gasteiger partial charge is 0.457 e. The fourth-order valence-corrected chi connectivity index (χ4v) is 6.19. The number of esters is 1. The molecule has 3 nitrogen and oxygen atoms in total. The Kier molecular flexibility index (Phi) is 3.66. The second-order valence-electron chi connectivity index (χ2n) is 8.72. The van der Waals surface area contributed by atoms with Gasteiger partial charge in [-0.25, -0.2) is 0 Å². The van der Waals surface area contributed by atoms with E-state index in [2.05, 4.69) is 0 Å². The molecule has 0 radical (unpaired) electrons. The average Bonchev–Trinajstić information content (AvgIpc) is 2.64. The Morgan fingerprint density at radius 2 is 1.50 bits per heavy atom. The zero-order valence-corrected chi connectivity index (χ0v) is 14.9. The molecule has 4 aliphatic carbocycles. The van der Waals surface area contributed by atoms with Gasteiger partial charge in [-0.15, -0.1) is 0 Å². The van der Waals surface area contributed by atoms with Gasteiger partial charge < -0.3 is 4.74 Å². The smallest absolute Gasteiger partial charge is 0.312 e. The molecule has 4 saturated carbocycles. The van der Waals surface area contributed by atoms with Crippen LogP contribution in [0.5, 0.6) is 0 Å². The van der Waals surface area contributed by atoms with Crippen molar-refractivity contribution in [2.75, 3.05) is 6.61 Å². The van der Waals surface area contributed by atoms with Crippen LogP contribution in [0.25, 0.3) is 10.8 Å². The second-order valence-corrected chi connectivity index (χ2v) is 8.72. The summed E-state index contributed by atoms with van der Waals surface area (Å²) in [5, 5.41) is 1.96. The van der Waals surface area contributed by atoms with Crippen LogP contribution in [0.3, 0.4) is 0 Å². The van der Waals surface area contributed by atoms with Crippen LogP contribution in [0, 0.1) is 23.2 Å². The second kappa shape index (κ2) is 5.94. The van der Waals surface area contributed by atoms with Crippen molar-refractivity contribution >= 4 is 22.5 Å². The van der Waals surface area contributed by atoms with Crippen LogP contribution in [-0.2, 0) is 9.53 Å². The first-order valence-corrected chi connectivity index (χ1v) is 9.81. The number of rotatable bonds is 4. The van der Waals surface area contributed by atoms with Crippen molar-refractivity contribution in [3.63, 3.8) is 0 Å². The molecule has 0 amide bonds. The number of ether oxygens (including phenoxy) is 1. The fraction of sp³-hybridized carbons (Fsp3) is 0.478. The van der Waals surface area contributed by atoms with Crippen LogP contribution in [0.2, 0.25) is 0 Å². The van der Waals surface area contributed by atoms with E-state index < -0.39 is 0 Å². The van der Waals surface area contributed by atoms with E-state index in [1.807, 2.05) is 42.5 Å². The zero-order valence-electron chi connectivity index (χ0n) is 14.9. The van der Waals surface area contributed by atoms with Crippen LogP contribution in [-0.4, -0.2) is 18.4 Å². The van der Waals surface area contributed by atoms with Gasteiger partial charge >= 0.3 is 5.97 Å². The maximum atomic E-state index is 12.9. The molecule has 2 aromatic carbocycles. The lowest BCUT2D eigenvalue weighted by Crippen LogP contribution is -2.50. The van der Waals surface area contributed by atoms with Crippen molar-refractivity contribution in [3.8, 4) is 0 Å². The number of fused-ring (bicyclic) bond motifs is 1. The van der Waals surface area contributed by atoms with E-state index in [4.69, 9.17) is 4.74 Å². The average molecular weight is 348 g/mol. The van der Waals surface area contributed by atoms with E-state index in [1.54, 1.807) is 0 Å². The van der Waals surface area contributed by atoms with Crippen molar-refractivity contribution < 1.29 is 14.3 Å². The highest BCUT2D eigenvalue weighted by Gasteiger charge is 2.55. The number of benzene rings is 2. The standard InChI is InChI=1S/C23H24O3/c24-21(20-7-3-5-18-4-1-2-6-19(18)20)14-26-22(25)23-11-15-8-16(12-23)10-17(9-15)13-23/h1-7,15-17H,8-14H2. The summed E-state index contributed by atoms with van der Waals surface area (Å²) >= 11 is 0. The maximum Gasteiger partial charge on any atom is 0.312 e. The zero-order chi connectivity index (χ0) is 17.7. The summed E-state index contributed by atoms with van der Waals surface area (Å²) in [5.74, 6) is 1.86. The van der Waals surface area contributed by atoms with E-state index in [9.17, 15) is 9.59 Å². The summed E-state index contributed by atoms with van der Waals surface area (Å²) in [7, 11) is 0. The number of carbonyl (C=O) groups excluding carboxylic acids is 2. The molecule has 4 fully saturated rings. The molecule has 0 heterocycles. The summed E-state index contributed by atoms with van der Waals surface area (Å²) in [6, 6.07) is 13.5. The molecule has 4 bridgehead atoms. The monoisotopic (exact) mass is 348 g/mol. The highest BCUT2D eigenvalue weighted by Crippen LogP contribution is 2.60. The molecule has 3 heteroatoms. The summed E-state index contributed by atoms with van der Waals surface area (Å²) in [6.07, 6.45) is 6.80. The third-order valence-corrected chi connectivity index (χ3v) is 6.90. The molecule has 0 aromatic heterocycles. The molecule has 134 valence electrons. The van der Waals surface area contributed by atoms with Crippen LogP contribution in [0.15, 0.2) is 42.5 Å². The molecule has 26 heavy (non-hydrogen) atoms. The van der Waals surface area contributed by atoms with E-state index in [0.717, 1.165) is 30.0 Å². The molecule has 0 aliphatic heterocycles. The molecule has 0 unspecified atom stereocenters. The van der Waals surface area contributed by atoms with Gasteiger partial charge in [-0.1, -0.05) is 42.5 Å². The quantitative estimate of drug-likeness (QED) is 0.590. The minimum atomic E-state index is -0.298. The summed E-state index contributed by atoms with van der Waals surface area (Å²) in [4.78, 5) is 25.6. The van der Waals surface area contributed by atoms with Gasteiger partial charge in [0, 0.05) is 5.56 Å². The van der Waals surface area contributed by atoms with Gasteiger partial charge in [0.15, 0.2) is 6.61 Å². The van der Waals surface area contributed by atoms with E-state index in [0.29, 0.717) is 23.3 Å². The SMILES string of the molecule is O=C(COC(=O)C12CC3CC(CC(C3)C1)C2)c1cccc2ccccc12. The van der Waals surface area contributed by atoms with Gasteiger partial charge in [0.1, 0.15) is 0 Å². The Hall–Kier alpha value is -2.16.